The maximum Gasteiger partial charge on any atom is 0.126 e. The van der Waals surface area contributed by atoms with E-state index in [1.165, 1.54) is 12.1 Å². The highest BCUT2D eigenvalue weighted by atomic mass is 19.1. The number of hydrogen-bond acceptors (Lipinski definition) is 3. The molecule has 0 bridgehead atoms. The molecule has 2 rings (SSSR count). The normalized spacial score (nSPS) is 17.2. The van der Waals surface area contributed by atoms with Gasteiger partial charge in [-0.3, -0.25) is 0 Å². The van der Waals surface area contributed by atoms with Crippen LogP contribution in [0.15, 0.2) is 18.2 Å². The molecule has 1 N–H and O–H groups in total. The number of anilines is 1. The zero-order valence-electron chi connectivity index (χ0n) is 8.86. The lowest BCUT2D eigenvalue weighted by molar-refractivity contribution is 0.145. The Morgan fingerprint density at radius 2 is 2.00 bits per heavy atom. The summed E-state index contributed by atoms with van der Waals surface area (Å²) in [5.74, 6) is -0.389. The standard InChI is InChI=1S/C12H13FN2O/c13-10-5-9(8-14)6-11(7-10)15-3-1-12(16)2-4-15/h5-7,12,16H,1-4H2. The van der Waals surface area contributed by atoms with Crippen LogP contribution in [-0.4, -0.2) is 24.3 Å². The van der Waals surface area contributed by atoms with Crippen LogP contribution in [0.3, 0.4) is 0 Å². The van der Waals surface area contributed by atoms with Crippen molar-refractivity contribution in [1.29, 1.82) is 5.26 Å². The van der Waals surface area contributed by atoms with E-state index in [1.807, 2.05) is 11.0 Å². The number of hydrogen-bond donors (Lipinski definition) is 1. The van der Waals surface area contributed by atoms with Gasteiger partial charge in [-0.1, -0.05) is 0 Å². The maximum absolute atomic E-state index is 13.2. The van der Waals surface area contributed by atoms with Crippen molar-refractivity contribution >= 4 is 5.69 Å². The van der Waals surface area contributed by atoms with Crippen molar-refractivity contribution in [3.63, 3.8) is 0 Å². The molecule has 1 aromatic carbocycles. The minimum Gasteiger partial charge on any atom is -0.393 e. The number of nitrogens with zero attached hydrogens (tertiary/aromatic N) is 2. The first kappa shape index (κ1) is 10.9. The Hall–Kier alpha value is -1.60. The predicted molar refractivity (Wildman–Crippen MR) is 58.6 cm³/mol. The summed E-state index contributed by atoms with van der Waals surface area (Å²) in [5.41, 5.74) is 1.06. The lowest BCUT2D eigenvalue weighted by Crippen LogP contribution is -2.35. The number of aliphatic hydroxyl groups excluding tert-OH is 1. The van der Waals surface area contributed by atoms with Crippen LogP contribution < -0.4 is 4.90 Å². The molecule has 1 fully saturated rings. The van der Waals surface area contributed by atoms with Crippen LogP contribution in [0.5, 0.6) is 0 Å². The summed E-state index contributed by atoms with van der Waals surface area (Å²) in [6.07, 6.45) is 1.14. The van der Waals surface area contributed by atoms with E-state index < -0.39 is 0 Å². The highest BCUT2D eigenvalue weighted by Gasteiger charge is 2.17. The molecule has 0 aliphatic carbocycles. The molecule has 0 amide bonds. The third kappa shape index (κ3) is 2.31. The summed E-state index contributed by atoms with van der Waals surface area (Å²) in [6.45, 7) is 1.41. The smallest absolute Gasteiger partial charge is 0.126 e. The molecular weight excluding hydrogens is 207 g/mol. The number of rotatable bonds is 1. The van der Waals surface area contributed by atoms with Crippen molar-refractivity contribution in [2.24, 2.45) is 0 Å². The van der Waals surface area contributed by atoms with Crippen molar-refractivity contribution in [1.82, 2.24) is 0 Å². The highest BCUT2D eigenvalue weighted by Crippen LogP contribution is 2.22. The van der Waals surface area contributed by atoms with Crippen LogP contribution in [0.25, 0.3) is 0 Å². The summed E-state index contributed by atoms with van der Waals surface area (Å²) < 4.78 is 13.2. The highest BCUT2D eigenvalue weighted by molar-refractivity contribution is 5.52. The number of benzene rings is 1. The van der Waals surface area contributed by atoms with Gasteiger partial charge >= 0.3 is 0 Å². The lowest BCUT2D eigenvalue weighted by Gasteiger charge is -2.31. The van der Waals surface area contributed by atoms with E-state index in [9.17, 15) is 9.50 Å². The fourth-order valence-corrected chi connectivity index (χ4v) is 1.95. The molecule has 0 unspecified atom stereocenters. The Morgan fingerprint density at radius 3 is 2.62 bits per heavy atom. The Labute approximate surface area is 93.7 Å². The first-order valence-corrected chi connectivity index (χ1v) is 5.33. The second kappa shape index (κ2) is 4.50. The first-order chi connectivity index (χ1) is 7.69. The molecule has 16 heavy (non-hydrogen) atoms. The summed E-state index contributed by atoms with van der Waals surface area (Å²) in [5, 5.41) is 18.1. The largest absolute Gasteiger partial charge is 0.393 e. The molecule has 1 heterocycles. The predicted octanol–water partition coefficient (Wildman–Crippen LogP) is 1.66. The van der Waals surface area contributed by atoms with Crippen LogP contribution >= 0.6 is 0 Å². The molecule has 0 aromatic heterocycles. The van der Waals surface area contributed by atoms with Crippen molar-refractivity contribution in [2.75, 3.05) is 18.0 Å². The zero-order chi connectivity index (χ0) is 11.5. The third-order valence-electron chi connectivity index (χ3n) is 2.84. The molecule has 1 saturated heterocycles. The quantitative estimate of drug-likeness (QED) is 0.783. The minimum atomic E-state index is -0.389. The van der Waals surface area contributed by atoms with Crippen LogP contribution in [-0.2, 0) is 0 Å². The van der Waals surface area contributed by atoms with E-state index in [0.29, 0.717) is 31.5 Å². The van der Waals surface area contributed by atoms with Gasteiger partial charge in [0.15, 0.2) is 0 Å². The number of halogens is 1. The molecule has 1 aliphatic rings. The van der Waals surface area contributed by atoms with Crippen molar-refractivity contribution in [2.45, 2.75) is 18.9 Å². The monoisotopic (exact) mass is 220 g/mol. The second-order valence-electron chi connectivity index (χ2n) is 4.03. The topological polar surface area (TPSA) is 47.3 Å². The molecule has 3 nitrogen and oxygen atoms in total. The van der Waals surface area contributed by atoms with Crippen LogP contribution in [0, 0.1) is 17.1 Å². The maximum atomic E-state index is 13.2. The molecular formula is C12H13FN2O. The minimum absolute atomic E-state index is 0.250. The summed E-state index contributed by atoms with van der Waals surface area (Å²) >= 11 is 0. The van der Waals surface area contributed by atoms with Crippen molar-refractivity contribution < 1.29 is 9.50 Å². The Morgan fingerprint density at radius 1 is 1.31 bits per heavy atom. The van der Waals surface area contributed by atoms with Gasteiger partial charge < -0.3 is 10.0 Å². The molecule has 0 saturated carbocycles. The molecule has 0 radical (unpaired) electrons. The lowest BCUT2D eigenvalue weighted by atomic mass is 10.1. The fraction of sp³-hybridized carbons (Fsp3) is 0.417. The average molecular weight is 220 g/mol. The summed E-state index contributed by atoms with van der Waals surface area (Å²) in [7, 11) is 0. The summed E-state index contributed by atoms with van der Waals surface area (Å²) in [6, 6.07) is 6.27. The summed E-state index contributed by atoms with van der Waals surface area (Å²) in [4.78, 5) is 2.00. The molecule has 4 heteroatoms. The number of nitriles is 1. The van der Waals surface area contributed by atoms with Gasteiger partial charge in [-0.15, -0.1) is 0 Å². The Kier molecular flexibility index (Phi) is 3.07. The van der Waals surface area contributed by atoms with Gasteiger partial charge in [0, 0.05) is 18.8 Å². The van der Waals surface area contributed by atoms with Gasteiger partial charge in [0.05, 0.1) is 17.7 Å². The first-order valence-electron chi connectivity index (χ1n) is 5.33. The molecule has 1 aromatic rings. The van der Waals surface area contributed by atoms with Gasteiger partial charge in [0.25, 0.3) is 0 Å². The average Bonchev–Trinajstić information content (AvgIpc) is 2.29. The fourth-order valence-electron chi connectivity index (χ4n) is 1.95. The van der Waals surface area contributed by atoms with E-state index in [1.54, 1.807) is 6.07 Å². The van der Waals surface area contributed by atoms with Crippen LogP contribution in [0.2, 0.25) is 0 Å². The van der Waals surface area contributed by atoms with E-state index >= 15 is 0 Å². The third-order valence-corrected chi connectivity index (χ3v) is 2.84. The van der Waals surface area contributed by atoms with Crippen LogP contribution in [0.1, 0.15) is 18.4 Å². The molecule has 84 valence electrons. The van der Waals surface area contributed by atoms with E-state index in [4.69, 9.17) is 5.26 Å². The van der Waals surface area contributed by atoms with Gasteiger partial charge in [-0.2, -0.15) is 5.26 Å². The second-order valence-corrected chi connectivity index (χ2v) is 4.03. The Bertz CT molecular complexity index is 420. The van der Waals surface area contributed by atoms with Gasteiger partial charge in [0.2, 0.25) is 0 Å². The van der Waals surface area contributed by atoms with E-state index in [2.05, 4.69) is 0 Å². The van der Waals surface area contributed by atoms with E-state index in [-0.39, 0.29) is 11.9 Å². The molecule has 0 spiro atoms. The van der Waals surface area contributed by atoms with Crippen LogP contribution in [0.4, 0.5) is 10.1 Å². The van der Waals surface area contributed by atoms with E-state index in [0.717, 1.165) is 5.69 Å². The van der Waals surface area contributed by atoms with Crippen molar-refractivity contribution in [3.8, 4) is 6.07 Å². The van der Waals surface area contributed by atoms with Gasteiger partial charge in [0.1, 0.15) is 5.82 Å². The Balaban J connectivity index is 2.20. The number of aliphatic hydroxyl groups is 1. The SMILES string of the molecule is N#Cc1cc(F)cc(N2CCC(O)CC2)c1. The van der Waals surface area contributed by atoms with Crippen molar-refractivity contribution in [3.05, 3.63) is 29.6 Å². The molecule has 1 aliphatic heterocycles. The molecule has 0 atom stereocenters. The van der Waals surface area contributed by atoms with Gasteiger partial charge in [-0.25, -0.2) is 4.39 Å². The zero-order valence-corrected chi connectivity index (χ0v) is 8.86. The number of piperidine rings is 1. The van der Waals surface area contributed by atoms with Gasteiger partial charge in [-0.05, 0) is 31.0 Å².